The van der Waals surface area contributed by atoms with E-state index in [1.54, 1.807) is 26.4 Å². The third-order valence-electron chi connectivity index (χ3n) is 7.47. The molecule has 1 aliphatic carbocycles. The summed E-state index contributed by atoms with van der Waals surface area (Å²) < 4.78 is 22.6. The third-order valence-corrected chi connectivity index (χ3v) is 8.08. The number of ether oxygens (including phenoxy) is 4. The number of aliphatic imine (C=N–C) groups is 1. The summed E-state index contributed by atoms with van der Waals surface area (Å²) in [5.74, 6) is -0.543. The average Bonchev–Trinajstić information content (AvgIpc) is 2.94. The number of halogens is 1. The van der Waals surface area contributed by atoms with Gasteiger partial charge >= 0.3 is 5.97 Å². The lowest BCUT2D eigenvalue weighted by atomic mass is 9.69. The van der Waals surface area contributed by atoms with Gasteiger partial charge in [-0.3, -0.25) is 14.6 Å². The van der Waals surface area contributed by atoms with Crippen molar-refractivity contribution < 1.29 is 33.6 Å². The Kier molecular flexibility index (Phi) is 9.56. The van der Waals surface area contributed by atoms with E-state index >= 15 is 0 Å². The quantitative estimate of drug-likeness (QED) is 0.241. The number of hydrogen-bond acceptors (Lipinski definition) is 8. The van der Waals surface area contributed by atoms with Crippen molar-refractivity contribution in [2.45, 2.75) is 58.3 Å². The van der Waals surface area contributed by atoms with Gasteiger partial charge in [0, 0.05) is 29.3 Å². The maximum Gasteiger partial charge on any atom is 0.315 e. The van der Waals surface area contributed by atoms with Gasteiger partial charge in [0.05, 0.1) is 31.9 Å². The highest BCUT2D eigenvalue weighted by molar-refractivity contribution is 9.10. The number of aromatic hydroxyl groups is 1. The molecule has 1 aliphatic heterocycles. The van der Waals surface area contributed by atoms with Gasteiger partial charge in [-0.25, -0.2) is 0 Å². The van der Waals surface area contributed by atoms with E-state index in [4.69, 9.17) is 23.9 Å². The highest BCUT2D eigenvalue weighted by atomic mass is 79.9. The molecule has 8 nitrogen and oxygen atoms in total. The summed E-state index contributed by atoms with van der Waals surface area (Å²) in [6.45, 7) is 6.31. The number of esters is 1. The Hall–Kier alpha value is -3.33. The molecule has 0 saturated carbocycles. The first-order valence-electron chi connectivity index (χ1n) is 13.6. The molecule has 1 N–H and O–H groups in total. The van der Waals surface area contributed by atoms with Gasteiger partial charge in [0.25, 0.3) is 0 Å². The molecule has 0 saturated heterocycles. The first-order valence-corrected chi connectivity index (χ1v) is 14.4. The zero-order valence-corrected chi connectivity index (χ0v) is 25.2. The fourth-order valence-electron chi connectivity index (χ4n) is 5.51. The number of hydrogen-bond donors (Lipinski definition) is 1. The van der Waals surface area contributed by atoms with Gasteiger partial charge in [0.15, 0.2) is 28.8 Å². The van der Waals surface area contributed by atoms with Crippen LogP contribution in [0.25, 0.3) is 0 Å². The minimum absolute atomic E-state index is 0.0356. The van der Waals surface area contributed by atoms with Crippen molar-refractivity contribution in [3.8, 4) is 23.0 Å². The number of nitrogens with zero attached hydrogens (tertiary/aromatic N) is 1. The van der Waals surface area contributed by atoms with Crippen LogP contribution < -0.4 is 14.2 Å². The van der Waals surface area contributed by atoms with Gasteiger partial charge in [-0.05, 0) is 83.9 Å². The van der Waals surface area contributed by atoms with E-state index in [1.807, 2.05) is 39.0 Å². The van der Waals surface area contributed by atoms with E-state index < -0.39 is 17.8 Å². The lowest BCUT2D eigenvalue weighted by Gasteiger charge is -2.36. The Labute approximate surface area is 243 Å². The van der Waals surface area contributed by atoms with E-state index in [-0.39, 0.29) is 29.6 Å². The SMILES string of the molecule is CCCCOC(=O)C1C(C)=NC2=C(C(=O)C[C@@H](c3ccc(OC)c(OC)c3)C2)[C@H]1c1cc(Br)c(O)c(OCC)c1. The van der Waals surface area contributed by atoms with Crippen LogP contribution in [0.1, 0.15) is 69.4 Å². The van der Waals surface area contributed by atoms with Gasteiger partial charge in [0.1, 0.15) is 5.92 Å². The molecule has 214 valence electrons. The third kappa shape index (κ3) is 5.89. The standard InChI is InChI=1S/C31H36BrNO7/c1-6-8-11-40-31(36)27-17(3)33-22-13-19(18-9-10-24(37-4)25(15-18)38-5)14-23(34)29(22)28(27)20-12-21(32)30(35)26(16-20)39-7-2/h9-10,12,15-16,19,27-28,35H,6-8,11,13-14H2,1-5H3/t19-,27?,28-/m0/s1. The maximum absolute atomic E-state index is 13.9. The number of carbonyl (C=O) groups is 2. The molecule has 1 unspecified atom stereocenters. The molecule has 9 heteroatoms. The van der Waals surface area contributed by atoms with Crippen LogP contribution in [0.5, 0.6) is 23.0 Å². The second kappa shape index (κ2) is 12.9. The van der Waals surface area contributed by atoms with Crippen LogP contribution in [0, 0.1) is 5.92 Å². The molecule has 3 atom stereocenters. The van der Waals surface area contributed by atoms with Gasteiger partial charge in [-0.1, -0.05) is 19.4 Å². The molecule has 0 spiro atoms. The van der Waals surface area contributed by atoms with E-state index in [2.05, 4.69) is 15.9 Å². The van der Waals surface area contributed by atoms with Crippen LogP contribution in [-0.2, 0) is 14.3 Å². The minimum atomic E-state index is -0.775. The van der Waals surface area contributed by atoms with Crippen LogP contribution >= 0.6 is 15.9 Å². The molecule has 0 aromatic heterocycles. The van der Waals surface area contributed by atoms with E-state index in [0.717, 1.165) is 18.4 Å². The van der Waals surface area contributed by atoms with Gasteiger partial charge < -0.3 is 24.1 Å². The second-order valence-corrected chi connectivity index (χ2v) is 10.9. The van der Waals surface area contributed by atoms with Crippen LogP contribution in [0.2, 0.25) is 0 Å². The predicted molar refractivity (Wildman–Crippen MR) is 156 cm³/mol. The molecule has 0 amide bonds. The number of rotatable bonds is 10. The molecular formula is C31H36BrNO7. The number of phenolic OH excluding ortho intramolecular Hbond substituents is 1. The average molecular weight is 615 g/mol. The Morgan fingerprint density at radius 3 is 2.45 bits per heavy atom. The summed E-state index contributed by atoms with van der Waals surface area (Å²) in [6, 6.07) is 9.13. The van der Waals surface area contributed by atoms with Gasteiger partial charge in [-0.2, -0.15) is 0 Å². The van der Waals surface area contributed by atoms with Gasteiger partial charge in [0.2, 0.25) is 0 Å². The van der Waals surface area contributed by atoms with Crippen molar-refractivity contribution in [2.75, 3.05) is 27.4 Å². The molecule has 2 aliphatic rings. The summed E-state index contributed by atoms with van der Waals surface area (Å²) >= 11 is 3.43. The van der Waals surface area contributed by atoms with Crippen LogP contribution in [-0.4, -0.2) is 50.0 Å². The number of unbranched alkanes of at least 4 members (excludes halogenated alkanes) is 1. The number of benzene rings is 2. The number of phenols is 1. The first-order chi connectivity index (χ1) is 19.2. The lowest BCUT2D eigenvalue weighted by Crippen LogP contribution is -2.38. The Balaban J connectivity index is 1.80. The topological polar surface area (TPSA) is 104 Å². The van der Waals surface area contributed by atoms with Crippen LogP contribution in [0.3, 0.4) is 0 Å². The van der Waals surface area contributed by atoms with E-state index in [9.17, 15) is 14.7 Å². The molecule has 0 bridgehead atoms. The van der Waals surface area contributed by atoms with Crippen molar-refractivity contribution >= 4 is 33.4 Å². The normalized spacial score (nSPS) is 20.5. The maximum atomic E-state index is 13.9. The van der Waals surface area contributed by atoms with Gasteiger partial charge in [-0.15, -0.1) is 0 Å². The van der Waals surface area contributed by atoms with Crippen molar-refractivity contribution in [2.24, 2.45) is 10.9 Å². The molecule has 0 radical (unpaired) electrons. The summed E-state index contributed by atoms with van der Waals surface area (Å²) in [4.78, 5) is 32.3. The molecule has 4 rings (SSSR count). The largest absolute Gasteiger partial charge is 0.503 e. The highest BCUT2D eigenvalue weighted by Crippen LogP contribution is 2.49. The van der Waals surface area contributed by atoms with E-state index in [0.29, 0.717) is 58.2 Å². The second-order valence-electron chi connectivity index (χ2n) is 10.0. The summed E-state index contributed by atoms with van der Waals surface area (Å²) in [6.07, 6.45) is 2.43. The van der Waals surface area contributed by atoms with Crippen molar-refractivity contribution in [3.05, 3.63) is 57.2 Å². The molecule has 2 aromatic carbocycles. The van der Waals surface area contributed by atoms with Crippen molar-refractivity contribution in [1.29, 1.82) is 0 Å². The molecular weight excluding hydrogens is 578 g/mol. The number of allylic oxidation sites excluding steroid dienone is 2. The Bertz CT molecular complexity index is 1350. The van der Waals surface area contributed by atoms with Crippen LogP contribution in [0.15, 0.2) is 51.1 Å². The monoisotopic (exact) mass is 613 g/mol. The Morgan fingerprint density at radius 1 is 1.05 bits per heavy atom. The van der Waals surface area contributed by atoms with Crippen LogP contribution in [0.4, 0.5) is 0 Å². The number of carbonyl (C=O) groups excluding carboxylic acids is 2. The highest BCUT2D eigenvalue weighted by Gasteiger charge is 2.45. The minimum Gasteiger partial charge on any atom is -0.503 e. The fraction of sp³-hybridized carbons (Fsp3) is 0.452. The molecule has 0 fully saturated rings. The zero-order valence-electron chi connectivity index (χ0n) is 23.6. The molecule has 40 heavy (non-hydrogen) atoms. The Morgan fingerprint density at radius 2 is 1.77 bits per heavy atom. The van der Waals surface area contributed by atoms with Crippen molar-refractivity contribution in [1.82, 2.24) is 0 Å². The van der Waals surface area contributed by atoms with E-state index in [1.165, 1.54) is 0 Å². The number of ketones is 1. The fourth-order valence-corrected chi connectivity index (χ4v) is 5.97. The van der Waals surface area contributed by atoms with Crippen molar-refractivity contribution in [3.63, 3.8) is 0 Å². The smallest absolute Gasteiger partial charge is 0.315 e. The predicted octanol–water partition coefficient (Wildman–Crippen LogP) is 6.49. The zero-order chi connectivity index (χ0) is 29.0. The summed E-state index contributed by atoms with van der Waals surface area (Å²) in [5.41, 5.74) is 3.39. The first kappa shape index (κ1) is 29.6. The lowest BCUT2D eigenvalue weighted by molar-refractivity contribution is -0.146. The number of Topliss-reactive ketones (excluding diaryl/α,β-unsaturated/α-hetero) is 1. The summed E-state index contributed by atoms with van der Waals surface area (Å²) in [7, 11) is 3.17. The number of methoxy groups -OCH3 is 2. The molecule has 2 aromatic rings. The summed E-state index contributed by atoms with van der Waals surface area (Å²) in [5, 5.41) is 10.6. The molecule has 1 heterocycles.